The average molecular weight is 320 g/mol. The van der Waals surface area contributed by atoms with Gasteiger partial charge in [0.05, 0.1) is 4.92 Å². The van der Waals surface area contributed by atoms with Crippen LogP contribution in [0.3, 0.4) is 0 Å². The predicted molar refractivity (Wildman–Crippen MR) is 84.6 cm³/mol. The van der Waals surface area contributed by atoms with E-state index in [1.807, 2.05) is 12.1 Å². The smallest absolute Gasteiger partial charge is 0.287 e. The summed E-state index contributed by atoms with van der Waals surface area (Å²) >= 11 is 5.92. The van der Waals surface area contributed by atoms with Crippen LogP contribution in [0.5, 0.6) is 0 Å². The van der Waals surface area contributed by atoms with Gasteiger partial charge in [0, 0.05) is 44.1 Å². The summed E-state index contributed by atoms with van der Waals surface area (Å²) in [6, 6.07) is 6.96. The van der Waals surface area contributed by atoms with Crippen LogP contribution in [0.25, 0.3) is 0 Å². The maximum absolute atomic E-state index is 10.6. The van der Waals surface area contributed by atoms with E-state index in [0.29, 0.717) is 5.15 Å². The fraction of sp³-hybridized carbons (Fsp3) is 0.286. The van der Waals surface area contributed by atoms with E-state index in [-0.39, 0.29) is 5.69 Å². The van der Waals surface area contributed by atoms with Gasteiger partial charge in [0.2, 0.25) is 0 Å². The Hall–Kier alpha value is -2.41. The van der Waals surface area contributed by atoms with Crippen LogP contribution in [0.1, 0.15) is 0 Å². The molecule has 3 heterocycles. The normalized spacial score (nSPS) is 15.0. The lowest BCUT2D eigenvalue weighted by Gasteiger charge is -2.36. The minimum absolute atomic E-state index is 0.00816. The van der Waals surface area contributed by atoms with Crippen molar-refractivity contribution in [3.63, 3.8) is 0 Å². The van der Waals surface area contributed by atoms with E-state index >= 15 is 0 Å². The van der Waals surface area contributed by atoms with Crippen molar-refractivity contribution in [3.05, 3.63) is 51.9 Å². The first kappa shape index (κ1) is 14.5. The van der Waals surface area contributed by atoms with E-state index in [2.05, 4.69) is 19.8 Å². The van der Waals surface area contributed by atoms with Gasteiger partial charge in [0.1, 0.15) is 17.2 Å². The van der Waals surface area contributed by atoms with Crippen LogP contribution in [-0.4, -0.2) is 41.1 Å². The number of nitrogens with zero attached hydrogens (tertiary/aromatic N) is 5. The zero-order valence-electron chi connectivity index (χ0n) is 11.7. The number of hydrogen-bond acceptors (Lipinski definition) is 6. The van der Waals surface area contributed by atoms with Crippen LogP contribution >= 0.6 is 11.6 Å². The van der Waals surface area contributed by atoms with Crippen LogP contribution in [-0.2, 0) is 0 Å². The lowest BCUT2D eigenvalue weighted by Crippen LogP contribution is -2.46. The van der Waals surface area contributed by atoms with Crippen LogP contribution in [0.2, 0.25) is 5.15 Å². The second-order valence-corrected chi connectivity index (χ2v) is 5.33. The van der Waals surface area contributed by atoms with E-state index in [0.717, 1.165) is 37.7 Å². The molecule has 0 radical (unpaired) electrons. The highest BCUT2D eigenvalue weighted by molar-refractivity contribution is 6.29. The summed E-state index contributed by atoms with van der Waals surface area (Å²) in [5, 5.41) is 11.1. The highest BCUT2D eigenvalue weighted by Crippen LogP contribution is 2.21. The van der Waals surface area contributed by atoms with Crippen molar-refractivity contribution in [3.8, 4) is 0 Å². The van der Waals surface area contributed by atoms with Crippen molar-refractivity contribution in [2.24, 2.45) is 0 Å². The molecule has 0 amide bonds. The largest absolute Gasteiger partial charge is 0.368 e. The van der Waals surface area contributed by atoms with Crippen LogP contribution < -0.4 is 9.80 Å². The minimum Gasteiger partial charge on any atom is -0.368 e. The SMILES string of the molecule is O=[N+]([O-])c1ccc(N2CCN(c3ccnc(Cl)c3)CC2)nc1. The number of piperazine rings is 1. The average Bonchev–Trinajstić information content (AvgIpc) is 2.55. The highest BCUT2D eigenvalue weighted by Gasteiger charge is 2.19. The molecule has 7 nitrogen and oxygen atoms in total. The number of pyridine rings is 2. The van der Waals surface area contributed by atoms with Crippen LogP contribution in [0, 0.1) is 10.1 Å². The summed E-state index contributed by atoms with van der Waals surface area (Å²) in [6.07, 6.45) is 2.99. The van der Waals surface area contributed by atoms with Crippen LogP contribution in [0.4, 0.5) is 17.2 Å². The third kappa shape index (κ3) is 3.09. The number of aromatic nitrogens is 2. The first-order chi connectivity index (χ1) is 10.6. The van der Waals surface area contributed by atoms with Gasteiger partial charge in [-0.3, -0.25) is 10.1 Å². The molecule has 2 aromatic heterocycles. The maximum Gasteiger partial charge on any atom is 0.287 e. The molecule has 1 fully saturated rings. The molecule has 2 aromatic rings. The van der Waals surface area contributed by atoms with Gasteiger partial charge in [-0.1, -0.05) is 11.6 Å². The number of hydrogen-bond donors (Lipinski definition) is 0. The molecule has 1 aliphatic heterocycles. The molecular formula is C14H14ClN5O2. The predicted octanol–water partition coefficient (Wildman–Crippen LogP) is 2.36. The van der Waals surface area contributed by atoms with Gasteiger partial charge >= 0.3 is 0 Å². The fourth-order valence-electron chi connectivity index (χ4n) is 2.46. The molecule has 22 heavy (non-hydrogen) atoms. The van der Waals surface area contributed by atoms with Crippen molar-refractivity contribution in [1.29, 1.82) is 0 Å². The Bertz CT molecular complexity index is 671. The zero-order valence-corrected chi connectivity index (χ0v) is 12.5. The lowest BCUT2D eigenvalue weighted by molar-refractivity contribution is -0.385. The Morgan fingerprint density at radius 1 is 1.09 bits per heavy atom. The molecule has 0 saturated carbocycles. The first-order valence-electron chi connectivity index (χ1n) is 6.85. The molecule has 8 heteroatoms. The summed E-state index contributed by atoms with van der Waals surface area (Å²) in [4.78, 5) is 22.7. The topological polar surface area (TPSA) is 75.4 Å². The quantitative estimate of drug-likeness (QED) is 0.491. The number of rotatable bonds is 3. The van der Waals surface area contributed by atoms with Gasteiger partial charge in [0.25, 0.3) is 5.69 Å². The molecule has 1 aliphatic rings. The number of halogens is 1. The Balaban J connectivity index is 1.65. The van der Waals surface area contributed by atoms with E-state index in [1.165, 1.54) is 12.3 Å². The summed E-state index contributed by atoms with van der Waals surface area (Å²) < 4.78 is 0. The van der Waals surface area contributed by atoms with Crippen molar-refractivity contribution in [2.75, 3.05) is 36.0 Å². The van der Waals surface area contributed by atoms with E-state index in [1.54, 1.807) is 12.3 Å². The van der Waals surface area contributed by atoms with Crippen molar-refractivity contribution >= 4 is 28.8 Å². The molecule has 0 atom stereocenters. The van der Waals surface area contributed by atoms with Gasteiger partial charge < -0.3 is 9.80 Å². The maximum atomic E-state index is 10.6. The standard InChI is InChI=1S/C14H14ClN5O2/c15-13-9-11(3-4-16-13)18-5-7-19(8-6-18)14-2-1-12(10-17-14)20(21)22/h1-4,9-10H,5-8H2. The monoisotopic (exact) mass is 319 g/mol. The van der Waals surface area contributed by atoms with E-state index in [4.69, 9.17) is 11.6 Å². The first-order valence-corrected chi connectivity index (χ1v) is 7.23. The minimum atomic E-state index is -0.443. The molecule has 0 aromatic carbocycles. The summed E-state index contributed by atoms with van der Waals surface area (Å²) in [7, 11) is 0. The van der Waals surface area contributed by atoms with Gasteiger partial charge in [-0.25, -0.2) is 9.97 Å². The van der Waals surface area contributed by atoms with Gasteiger partial charge in [-0.05, 0) is 18.2 Å². The zero-order chi connectivity index (χ0) is 15.5. The summed E-state index contributed by atoms with van der Waals surface area (Å²) in [5.74, 6) is 0.762. The van der Waals surface area contributed by atoms with Crippen molar-refractivity contribution < 1.29 is 4.92 Å². The molecule has 0 aliphatic carbocycles. The van der Waals surface area contributed by atoms with Gasteiger partial charge in [-0.2, -0.15) is 0 Å². The van der Waals surface area contributed by atoms with Gasteiger partial charge in [-0.15, -0.1) is 0 Å². The molecule has 0 bridgehead atoms. The molecule has 1 saturated heterocycles. The number of nitro groups is 1. The fourth-order valence-corrected chi connectivity index (χ4v) is 2.62. The molecule has 114 valence electrons. The van der Waals surface area contributed by atoms with Crippen molar-refractivity contribution in [2.45, 2.75) is 0 Å². The van der Waals surface area contributed by atoms with Crippen LogP contribution in [0.15, 0.2) is 36.7 Å². The Morgan fingerprint density at radius 2 is 1.82 bits per heavy atom. The lowest BCUT2D eigenvalue weighted by atomic mass is 10.2. The Labute approximate surface area is 132 Å². The Kier molecular flexibility index (Phi) is 4.06. The van der Waals surface area contributed by atoms with Crippen molar-refractivity contribution in [1.82, 2.24) is 9.97 Å². The molecule has 0 unspecified atom stereocenters. The summed E-state index contributed by atoms with van der Waals surface area (Å²) in [5.41, 5.74) is 1.06. The number of anilines is 2. The second kappa shape index (κ2) is 6.15. The third-order valence-corrected chi connectivity index (χ3v) is 3.83. The summed E-state index contributed by atoms with van der Waals surface area (Å²) in [6.45, 7) is 3.26. The highest BCUT2D eigenvalue weighted by atomic mass is 35.5. The third-order valence-electron chi connectivity index (χ3n) is 3.62. The molecular weight excluding hydrogens is 306 g/mol. The van der Waals surface area contributed by atoms with Gasteiger partial charge in [0.15, 0.2) is 0 Å². The molecule has 0 N–H and O–H groups in total. The Morgan fingerprint density at radius 3 is 2.41 bits per heavy atom. The molecule has 3 rings (SSSR count). The van der Waals surface area contributed by atoms with E-state index in [9.17, 15) is 10.1 Å². The second-order valence-electron chi connectivity index (χ2n) is 4.94. The molecule has 0 spiro atoms. The van der Waals surface area contributed by atoms with E-state index < -0.39 is 4.92 Å².